The van der Waals surface area contributed by atoms with Gasteiger partial charge in [0.25, 0.3) is 0 Å². The van der Waals surface area contributed by atoms with Crippen molar-refractivity contribution in [2.45, 2.75) is 13.3 Å². The van der Waals surface area contributed by atoms with Crippen LogP contribution in [-0.2, 0) is 4.79 Å². The summed E-state index contributed by atoms with van der Waals surface area (Å²) in [5.74, 6) is -1.29. The van der Waals surface area contributed by atoms with Crippen molar-refractivity contribution in [3.8, 4) is 0 Å². The van der Waals surface area contributed by atoms with Gasteiger partial charge in [-0.15, -0.1) is 0 Å². The summed E-state index contributed by atoms with van der Waals surface area (Å²) in [6, 6.07) is 4.05. The number of carbonyl (C=O) groups is 1. The molecule has 0 fully saturated rings. The normalized spacial score (nSPS) is 11.9. The van der Waals surface area contributed by atoms with Gasteiger partial charge in [0.05, 0.1) is 16.6 Å². The van der Waals surface area contributed by atoms with Gasteiger partial charge in [-0.1, -0.05) is 19.1 Å². The van der Waals surface area contributed by atoms with E-state index in [9.17, 15) is 9.18 Å². The first kappa shape index (κ1) is 14.1. The molecule has 17 heavy (non-hydrogen) atoms. The number of carbonyl (C=O) groups excluding carboxylic acids is 1. The Morgan fingerprint density at radius 1 is 1.65 bits per heavy atom. The molecule has 3 nitrogen and oxygen atoms in total. The molecule has 0 heterocycles. The van der Waals surface area contributed by atoms with Crippen molar-refractivity contribution in [1.29, 1.82) is 0 Å². The second-order valence-corrected chi connectivity index (χ2v) is 4.80. The first-order valence-corrected chi connectivity index (χ1v) is 6.21. The van der Waals surface area contributed by atoms with Crippen LogP contribution in [0.4, 0.5) is 10.1 Å². The van der Waals surface area contributed by atoms with Crippen LogP contribution < -0.4 is 11.1 Å². The first-order chi connectivity index (χ1) is 7.95. The number of hydrogen-bond acceptors (Lipinski definition) is 2. The number of nitrogens with one attached hydrogen (secondary N) is 1. The number of nitrogens with two attached hydrogens (primary N) is 1. The molecular weight excluding hydrogens is 307 g/mol. The van der Waals surface area contributed by atoms with Crippen LogP contribution in [0.2, 0.25) is 0 Å². The molecule has 0 saturated carbocycles. The van der Waals surface area contributed by atoms with Crippen LogP contribution in [0, 0.1) is 11.7 Å². The lowest BCUT2D eigenvalue weighted by molar-refractivity contribution is -0.118. The zero-order valence-corrected chi connectivity index (χ0v) is 11.6. The number of hydrogen-bond donors (Lipinski definition) is 2. The van der Waals surface area contributed by atoms with Gasteiger partial charge in [0.15, 0.2) is 0 Å². The van der Waals surface area contributed by atoms with Crippen molar-refractivity contribution in [2.24, 2.45) is 11.7 Å². The minimum absolute atomic E-state index is 0.137. The smallest absolute Gasteiger partial charge is 0.234 e. The zero-order chi connectivity index (χ0) is 13.0. The molecule has 3 N–H and O–H groups in total. The van der Waals surface area contributed by atoms with Crippen molar-refractivity contribution in [2.75, 3.05) is 5.32 Å². The van der Waals surface area contributed by atoms with Gasteiger partial charge >= 0.3 is 0 Å². The molecule has 0 aromatic heterocycles. The number of anilines is 1. The third kappa shape index (κ3) is 3.74. The Morgan fingerprint density at radius 3 is 2.82 bits per heavy atom. The lowest BCUT2D eigenvalue weighted by Crippen LogP contribution is -2.32. The maximum absolute atomic E-state index is 13.0. The Bertz CT molecular complexity index is 453. The summed E-state index contributed by atoms with van der Waals surface area (Å²) >= 11 is 8.02. The average Bonchev–Trinajstić information content (AvgIpc) is 2.24. The molecule has 1 unspecified atom stereocenters. The fourth-order valence-electron chi connectivity index (χ4n) is 1.33. The molecule has 0 bridgehead atoms. The summed E-state index contributed by atoms with van der Waals surface area (Å²) in [7, 11) is 0. The fraction of sp³-hybridized carbons (Fsp3) is 0.273. The molecule has 0 aliphatic rings. The summed E-state index contributed by atoms with van der Waals surface area (Å²) in [6.45, 7) is 1.81. The van der Waals surface area contributed by atoms with Crippen LogP contribution in [0.25, 0.3) is 0 Å². The van der Waals surface area contributed by atoms with E-state index in [0.29, 0.717) is 16.6 Å². The molecule has 6 heteroatoms. The quantitative estimate of drug-likeness (QED) is 0.839. The molecule has 1 aromatic rings. The van der Waals surface area contributed by atoms with Gasteiger partial charge in [-0.25, -0.2) is 4.39 Å². The van der Waals surface area contributed by atoms with Gasteiger partial charge in [0.1, 0.15) is 5.82 Å². The summed E-state index contributed by atoms with van der Waals surface area (Å²) in [4.78, 5) is 12.0. The van der Waals surface area contributed by atoms with Crippen LogP contribution >= 0.6 is 28.1 Å². The lowest BCUT2D eigenvalue weighted by atomic mass is 10.1. The molecule has 1 atom stereocenters. The predicted octanol–water partition coefficient (Wildman–Crippen LogP) is 2.84. The Kier molecular flexibility index (Phi) is 5.02. The number of halogens is 2. The third-order valence-electron chi connectivity index (χ3n) is 2.25. The summed E-state index contributed by atoms with van der Waals surface area (Å²) in [6.07, 6.45) is 0.508. The maximum atomic E-state index is 13.0. The van der Waals surface area contributed by atoms with Crippen LogP contribution in [0.3, 0.4) is 0 Å². The molecule has 0 aliphatic carbocycles. The van der Waals surface area contributed by atoms with Gasteiger partial charge in [0.2, 0.25) is 5.91 Å². The van der Waals surface area contributed by atoms with Crippen LogP contribution in [-0.4, -0.2) is 10.9 Å². The van der Waals surface area contributed by atoms with Crippen molar-refractivity contribution in [1.82, 2.24) is 0 Å². The third-order valence-corrected chi connectivity index (χ3v) is 3.23. The standard InChI is InChI=1S/C11H12BrFN2OS/c1-2-7(10(14)17)11(16)15-9-5-6(13)3-4-8(9)12/h3-5,7H,2H2,1H3,(H2,14,17)(H,15,16). The van der Waals surface area contributed by atoms with Gasteiger partial charge in [-0.3, -0.25) is 4.79 Å². The average molecular weight is 319 g/mol. The Morgan fingerprint density at radius 2 is 2.29 bits per heavy atom. The van der Waals surface area contributed by atoms with Crippen molar-refractivity contribution < 1.29 is 9.18 Å². The van der Waals surface area contributed by atoms with Crippen molar-refractivity contribution >= 4 is 44.7 Å². The Hall–Kier alpha value is -1.01. The van der Waals surface area contributed by atoms with Crippen molar-refractivity contribution in [3.63, 3.8) is 0 Å². The highest BCUT2D eigenvalue weighted by Crippen LogP contribution is 2.23. The zero-order valence-electron chi connectivity index (χ0n) is 9.17. The maximum Gasteiger partial charge on any atom is 0.234 e. The molecule has 92 valence electrons. The molecule has 0 aliphatic heterocycles. The van der Waals surface area contributed by atoms with Gasteiger partial charge < -0.3 is 11.1 Å². The number of rotatable bonds is 4. The van der Waals surface area contributed by atoms with Crippen molar-refractivity contribution in [3.05, 3.63) is 28.5 Å². The van der Waals surface area contributed by atoms with Gasteiger partial charge in [-0.2, -0.15) is 0 Å². The van der Waals surface area contributed by atoms with E-state index >= 15 is 0 Å². The fourth-order valence-corrected chi connectivity index (χ4v) is 1.95. The Balaban J connectivity index is 2.87. The second kappa shape index (κ2) is 6.07. The van der Waals surface area contributed by atoms with E-state index in [1.807, 2.05) is 6.92 Å². The van der Waals surface area contributed by atoms with E-state index in [4.69, 9.17) is 18.0 Å². The minimum atomic E-state index is -0.542. The van der Waals surface area contributed by atoms with Gasteiger partial charge in [0, 0.05) is 4.47 Å². The lowest BCUT2D eigenvalue weighted by Gasteiger charge is -2.14. The highest BCUT2D eigenvalue weighted by atomic mass is 79.9. The van der Waals surface area contributed by atoms with E-state index in [2.05, 4.69) is 21.2 Å². The Labute approximate surface area is 113 Å². The van der Waals surface area contributed by atoms with Crippen LogP contribution in [0.5, 0.6) is 0 Å². The topological polar surface area (TPSA) is 55.1 Å². The SMILES string of the molecule is CCC(C(=O)Nc1cc(F)ccc1Br)C(N)=S. The first-order valence-electron chi connectivity index (χ1n) is 5.01. The number of amides is 1. The summed E-state index contributed by atoms with van der Waals surface area (Å²) in [5, 5.41) is 2.59. The molecule has 1 amide bonds. The van der Waals surface area contributed by atoms with E-state index in [-0.39, 0.29) is 10.9 Å². The molecule has 0 saturated heterocycles. The summed E-state index contributed by atoms with van der Waals surface area (Å²) in [5.41, 5.74) is 5.82. The minimum Gasteiger partial charge on any atom is -0.393 e. The predicted molar refractivity (Wildman–Crippen MR) is 73.3 cm³/mol. The second-order valence-electron chi connectivity index (χ2n) is 3.48. The van der Waals surface area contributed by atoms with E-state index in [1.54, 1.807) is 0 Å². The largest absolute Gasteiger partial charge is 0.393 e. The number of thiocarbonyl (C=S) groups is 1. The number of benzene rings is 1. The van der Waals surface area contributed by atoms with E-state index in [1.165, 1.54) is 18.2 Å². The monoisotopic (exact) mass is 318 g/mol. The van der Waals surface area contributed by atoms with Crippen LogP contribution in [0.15, 0.2) is 22.7 Å². The molecule has 1 rings (SSSR count). The molecule has 1 aromatic carbocycles. The van der Waals surface area contributed by atoms with Gasteiger partial charge in [-0.05, 0) is 40.5 Å². The van der Waals surface area contributed by atoms with Crippen LogP contribution in [0.1, 0.15) is 13.3 Å². The van der Waals surface area contributed by atoms with E-state index in [0.717, 1.165) is 0 Å². The highest BCUT2D eigenvalue weighted by Gasteiger charge is 2.20. The molecule has 0 radical (unpaired) electrons. The molecular formula is C11H12BrFN2OS. The van der Waals surface area contributed by atoms with E-state index < -0.39 is 11.7 Å². The summed E-state index contributed by atoms with van der Waals surface area (Å²) < 4.78 is 13.6. The molecule has 0 spiro atoms. The highest BCUT2D eigenvalue weighted by molar-refractivity contribution is 9.10.